The van der Waals surface area contributed by atoms with Crippen molar-refractivity contribution in [1.29, 1.82) is 0 Å². The smallest absolute Gasteiger partial charge is 0.328 e. The molecule has 16 heavy (non-hydrogen) atoms. The van der Waals surface area contributed by atoms with E-state index in [1.54, 1.807) is 0 Å². The fraction of sp³-hybridized carbons (Fsp3) is 0.600. The molecule has 0 radical (unpaired) electrons. The molecule has 0 aromatic carbocycles. The number of hydrogen-bond acceptors (Lipinski definition) is 4. The molecule has 0 spiro atoms. The number of rotatable bonds is 2. The van der Waals surface area contributed by atoms with E-state index in [-0.39, 0.29) is 5.69 Å². The van der Waals surface area contributed by atoms with Gasteiger partial charge in [-0.2, -0.15) is 0 Å². The number of H-pyrrole nitrogens is 1. The van der Waals surface area contributed by atoms with Crippen molar-refractivity contribution in [3.05, 3.63) is 27.0 Å². The Labute approximate surface area is 92.0 Å². The molecule has 6 nitrogen and oxygen atoms in total. The first kappa shape index (κ1) is 10.9. The minimum atomic E-state index is -0.520. The molecule has 3 N–H and O–H groups in total. The van der Waals surface area contributed by atoms with E-state index in [0.29, 0.717) is 12.5 Å². The van der Waals surface area contributed by atoms with Gasteiger partial charge < -0.3 is 10.5 Å². The highest BCUT2D eigenvalue weighted by Gasteiger charge is 2.15. The van der Waals surface area contributed by atoms with Gasteiger partial charge in [0.05, 0.1) is 0 Å². The van der Waals surface area contributed by atoms with Crippen molar-refractivity contribution >= 4 is 5.69 Å². The van der Waals surface area contributed by atoms with E-state index in [1.165, 1.54) is 10.8 Å². The lowest BCUT2D eigenvalue weighted by atomic mass is 10.0. The van der Waals surface area contributed by atoms with Gasteiger partial charge in [0.15, 0.2) is 0 Å². The van der Waals surface area contributed by atoms with Crippen LogP contribution in [-0.4, -0.2) is 22.8 Å². The van der Waals surface area contributed by atoms with Crippen LogP contribution in [-0.2, 0) is 11.3 Å². The second-order valence-corrected chi connectivity index (χ2v) is 4.05. The molecule has 0 atom stereocenters. The molecule has 2 heterocycles. The van der Waals surface area contributed by atoms with Gasteiger partial charge in [0.25, 0.3) is 5.56 Å². The summed E-state index contributed by atoms with van der Waals surface area (Å²) in [6, 6.07) is 0. The third-order valence-corrected chi connectivity index (χ3v) is 2.83. The van der Waals surface area contributed by atoms with E-state index in [4.69, 9.17) is 10.5 Å². The Balaban J connectivity index is 2.17. The van der Waals surface area contributed by atoms with Gasteiger partial charge in [0.1, 0.15) is 5.69 Å². The number of nitrogen functional groups attached to an aromatic ring is 1. The molecule has 1 saturated heterocycles. The van der Waals surface area contributed by atoms with E-state index in [0.717, 1.165) is 26.1 Å². The fourth-order valence-electron chi connectivity index (χ4n) is 1.87. The lowest BCUT2D eigenvalue weighted by Crippen LogP contribution is -2.33. The fourth-order valence-corrected chi connectivity index (χ4v) is 1.87. The van der Waals surface area contributed by atoms with Crippen LogP contribution in [0.1, 0.15) is 12.8 Å². The Kier molecular flexibility index (Phi) is 3.09. The lowest BCUT2D eigenvalue weighted by molar-refractivity contribution is 0.0608. The van der Waals surface area contributed by atoms with Crippen LogP contribution in [0.2, 0.25) is 0 Å². The predicted molar refractivity (Wildman–Crippen MR) is 59.3 cm³/mol. The summed E-state index contributed by atoms with van der Waals surface area (Å²) in [6.45, 7) is 2.06. The Morgan fingerprint density at radius 1 is 1.44 bits per heavy atom. The Hall–Kier alpha value is -1.56. The van der Waals surface area contributed by atoms with Gasteiger partial charge in [0, 0.05) is 26.0 Å². The molecule has 88 valence electrons. The minimum Gasteiger partial charge on any atom is -0.393 e. The van der Waals surface area contributed by atoms with Crippen LogP contribution in [0.3, 0.4) is 0 Å². The van der Waals surface area contributed by atoms with Crippen molar-refractivity contribution in [1.82, 2.24) is 9.55 Å². The summed E-state index contributed by atoms with van der Waals surface area (Å²) >= 11 is 0. The van der Waals surface area contributed by atoms with E-state index in [9.17, 15) is 9.59 Å². The summed E-state index contributed by atoms with van der Waals surface area (Å²) in [5.74, 6) is 0.414. The van der Waals surface area contributed by atoms with Gasteiger partial charge in [-0.15, -0.1) is 0 Å². The van der Waals surface area contributed by atoms with Crippen molar-refractivity contribution in [2.75, 3.05) is 18.9 Å². The molecule has 0 aliphatic carbocycles. The standard InChI is InChI=1S/C10H15N3O3/c11-8-6-13(10(15)12-9(8)14)5-7-1-3-16-4-2-7/h6-7H,1-5,11H2,(H,12,14,15). The van der Waals surface area contributed by atoms with E-state index < -0.39 is 11.2 Å². The maximum absolute atomic E-state index is 11.5. The van der Waals surface area contributed by atoms with E-state index in [2.05, 4.69) is 4.98 Å². The summed E-state index contributed by atoms with van der Waals surface area (Å²) in [6.07, 6.45) is 3.29. The molecule has 2 rings (SSSR count). The maximum atomic E-state index is 11.5. The Bertz CT molecular complexity index is 471. The normalized spacial score (nSPS) is 17.5. The van der Waals surface area contributed by atoms with Crippen LogP contribution >= 0.6 is 0 Å². The second kappa shape index (κ2) is 4.52. The Morgan fingerprint density at radius 2 is 2.12 bits per heavy atom. The molecule has 0 amide bonds. The van der Waals surface area contributed by atoms with Crippen molar-refractivity contribution in [3.63, 3.8) is 0 Å². The van der Waals surface area contributed by atoms with Crippen molar-refractivity contribution in [2.45, 2.75) is 19.4 Å². The summed E-state index contributed by atoms with van der Waals surface area (Å²) in [7, 11) is 0. The molecule has 0 saturated carbocycles. The van der Waals surface area contributed by atoms with Crippen LogP contribution in [0, 0.1) is 5.92 Å². The molecule has 6 heteroatoms. The average molecular weight is 225 g/mol. The number of aromatic nitrogens is 2. The quantitative estimate of drug-likeness (QED) is 0.713. The highest BCUT2D eigenvalue weighted by atomic mass is 16.5. The molecule has 1 aliphatic rings. The first-order chi connectivity index (χ1) is 7.66. The number of hydrogen-bond donors (Lipinski definition) is 2. The zero-order valence-corrected chi connectivity index (χ0v) is 8.94. The van der Waals surface area contributed by atoms with Gasteiger partial charge in [-0.1, -0.05) is 0 Å². The SMILES string of the molecule is Nc1cn(CC2CCOCC2)c(=O)[nH]c1=O. The first-order valence-electron chi connectivity index (χ1n) is 5.34. The van der Waals surface area contributed by atoms with Gasteiger partial charge >= 0.3 is 5.69 Å². The van der Waals surface area contributed by atoms with Gasteiger partial charge in [0.2, 0.25) is 0 Å². The van der Waals surface area contributed by atoms with Gasteiger partial charge in [-0.25, -0.2) is 4.79 Å². The van der Waals surface area contributed by atoms with Gasteiger partial charge in [-0.3, -0.25) is 14.3 Å². The Morgan fingerprint density at radius 3 is 2.81 bits per heavy atom. The molecule has 0 unspecified atom stereocenters. The van der Waals surface area contributed by atoms with Crippen LogP contribution in [0.25, 0.3) is 0 Å². The van der Waals surface area contributed by atoms with Crippen molar-refractivity contribution in [2.24, 2.45) is 5.92 Å². The first-order valence-corrected chi connectivity index (χ1v) is 5.34. The number of nitrogens with zero attached hydrogens (tertiary/aromatic N) is 1. The molecule has 1 aromatic rings. The number of anilines is 1. The highest BCUT2D eigenvalue weighted by molar-refractivity contribution is 5.30. The van der Waals surface area contributed by atoms with E-state index >= 15 is 0 Å². The predicted octanol–water partition coefficient (Wildman–Crippen LogP) is -0.455. The topological polar surface area (TPSA) is 90.1 Å². The maximum Gasteiger partial charge on any atom is 0.328 e. The molecule has 1 aliphatic heterocycles. The minimum absolute atomic E-state index is 0.0756. The second-order valence-electron chi connectivity index (χ2n) is 4.05. The van der Waals surface area contributed by atoms with Crippen LogP contribution in [0.5, 0.6) is 0 Å². The van der Waals surface area contributed by atoms with Gasteiger partial charge in [-0.05, 0) is 18.8 Å². The lowest BCUT2D eigenvalue weighted by Gasteiger charge is -2.22. The summed E-state index contributed by atoms with van der Waals surface area (Å²) in [4.78, 5) is 24.7. The zero-order chi connectivity index (χ0) is 11.5. The summed E-state index contributed by atoms with van der Waals surface area (Å²) in [5, 5.41) is 0. The van der Waals surface area contributed by atoms with Crippen LogP contribution in [0.4, 0.5) is 5.69 Å². The van der Waals surface area contributed by atoms with Crippen molar-refractivity contribution in [3.8, 4) is 0 Å². The van der Waals surface area contributed by atoms with Crippen LogP contribution < -0.4 is 17.0 Å². The van der Waals surface area contributed by atoms with E-state index in [1.807, 2.05) is 0 Å². The summed E-state index contributed by atoms with van der Waals surface area (Å²) < 4.78 is 6.71. The molecule has 1 aromatic heterocycles. The number of nitrogens with two attached hydrogens (primary N) is 1. The largest absolute Gasteiger partial charge is 0.393 e. The molecule has 1 fully saturated rings. The summed E-state index contributed by atoms with van der Waals surface area (Å²) in [5.41, 5.74) is 4.62. The molecule has 0 bridgehead atoms. The zero-order valence-electron chi connectivity index (χ0n) is 8.94. The highest BCUT2D eigenvalue weighted by Crippen LogP contribution is 2.15. The van der Waals surface area contributed by atoms with Crippen LogP contribution in [0.15, 0.2) is 15.8 Å². The molecular weight excluding hydrogens is 210 g/mol. The third kappa shape index (κ3) is 2.33. The van der Waals surface area contributed by atoms with Crippen molar-refractivity contribution < 1.29 is 4.74 Å². The third-order valence-electron chi connectivity index (χ3n) is 2.83. The average Bonchev–Trinajstić information content (AvgIpc) is 2.27. The number of ether oxygens (including phenoxy) is 1. The number of nitrogens with one attached hydrogen (secondary N) is 1. The number of aromatic amines is 1. The monoisotopic (exact) mass is 225 g/mol. The molecular formula is C10H15N3O3.